The van der Waals surface area contributed by atoms with Crippen LogP contribution in [-0.2, 0) is 6.42 Å². The zero-order chi connectivity index (χ0) is 13.7. The monoisotopic (exact) mass is 254 g/mol. The normalized spacial score (nSPS) is 11.8. The Bertz CT molecular complexity index is 566. The summed E-state index contributed by atoms with van der Waals surface area (Å²) in [5.74, 6) is 1.04. The summed E-state index contributed by atoms with van der Waals surface area (Å²) in [4.78, 5) is 7.94. The summed E-state index contributed by atoms with van der Waals surface area (Å²) < 4.78 is 0. The summed E-state index contributed by atoms with van der Waals surface area (Å²) in [6.07, 6.45) is 7.71. The number of allylic oxidation sites excluding steroid dienone is 4. The molecule has 0 aliphatic rings. The lowest BCUT2D eigenvalue weighted by Gasteiger charge is -1.98. The molecular weight excluding hydrogens is 232 g/mol. The van der Waals surface area contributed by atoms with Crippen molar-refractivity contribution in [2.75, 3.05) is 0 Å². The highest BCUT2D eigenvalue weighted by atomic mass is 14.9. The molecule has 0 atom stereocenters. The Morgan fingerprint density at radius 2 is 1.95 bits per heavy atom. The number of benzene rings is 1. The molecule has 1 heterocycles. The lowest BCUT2D eigenvalue weighted by Crippen LogP contribution is -1.86. The molecule has 19 heavy (non-hydrogen) atoms. The minimum Gasteiger partial charge on any atom is -0.342 e. The number of hydrogen-bond acceptors (Lipinski definition) is 1. The van der Waals surface area contributed by atoms with Crippen LogP contribution >= 0.6 is 0 Å². The summed E-state index contributed by atoms with van der Waals surface area (Å²) in [6.45, 7) is 6.49. The van der Waals surface area contributed by atoms with E-state index in [1.807, 2.05) is 18.2 Å². The van der Waals surface area contributed by atoms with Crippen LogP contribution < -0.4 is 0 Å². The van der Waals surface area contributed by atoms with E-state index in [0.29, 0.717) is 0 Å². The van der Waals surface area contributed by atoms with Gasteiger partial charge >= 0.3 is 0 Å². The van der Waals surface area contributed by atoms with Crippen LogP contribution in [0.25, 0.3) is 11.0 Å². The lowest BCUT2D eigenvalue weighted by molar-refractivity contribution is 0.946. The summed E-state index contributed by atoms with van der Waals surface area (Å²) in [6, 6.07) is 8.16. The van der Waals surface area contributed by atoms with Crippen LogP contribution in [0.5, 0.6) is 0 Å². The van der Waals surface area contributed by atoms with Gasteiger partial charge in [0.05, 0.1) is 11.0 Å². The van der Waals surface area contributed by atoms with E-state index >= 15 is 0 Å². The van der Waals surface area contributed by atoms with Gasteiger partial charge in [-0.15, -0.1) is 0 Å². The van der Waals surface area contributed by atoms with Crippen molar-refractivity contribution in [1.29, 1.82) is 0 Å². The molecule has 100 valence electrons. The van der Waals surface area contributed by atoms with E-state index in [2.05, 4.69) is 49.0 Å². The van der Waals surface area contributed by atoms with Gasteiger partial charge in [-0.1, -0.05) is 35.4 Å². The van der Waals surface area contributed by atoms with Crippen molar-refractivity contribution in [3.05, 3.63) is 53.4 Å². The second kappa shape index (κ2) is 6.37. The minimum atomic E-state index is 0.884. The zero-order valence-electron chi connectivity index (χ0n) is 12.0. The van der Waals surface area contributed by atoms with Crippen molar-refractivity contribution >= 4 is 11.0 Å². The molecule has 0 amide bonds. The van der Waals surface area contributed by atoms with Crippen molar-refractivity contribution in [1.82, 2.24) is 9.97 Å². The van der Waals surface area contributed by atoms with Crippen molar-refractivity contribution in [2.45, 2.75) is 40.0 Å². The van der Waals surface area contributed by atoms with E-state index in [-0.39, 0.29) is 0 Å². The molecule has 2 nitrogen and oxygen atoms in total. The third-order valence-electron chi connectivity index (χ3n) is 3.17. The number of rotatable bonds is 5. The lowest BCUT2D eigenvalue weighted by atomic mass is 10.1. The van der Waals surface area contributed by atoms with Crippen LogP contribution in [0.15, 0.2) is 47.6 Å². The fourth-order valence-corrected chi connectivity index (χ4v) is 2.06. The Balaban J connectivity index is 1.95. The molecule has 2 aromatic rings. The van der Waals surface area contributed by atoms with Gasteiger partial charge in [0.2, 0.25) is 0 Å². The minimum absolute atomic E-state index is 0.884. The fourth-order valence-electron chi connectivity index (χ4n) is 2.06. The third-order valence-corrected chi connectivity index (χ3v) is 3.17. The maximum Gasteiger partial charge on any atom is 0.111 e. The smallest absolute Gasteiger partial charge is 0.111 e. The van der Waals surface area contributed by atoms with Gasteiger partial charge in [-0.25, -0.2) is 4.98 Å². The topological polar surface area (TPSA) is 28.7 Å². The van der Waals surface area contributed by atoms with Gasteiger partial charge in [0.25, 0.3) is 0 Å². The molecule has 1 aromatic heterocycles. The van der Waals surface area contributed by atoms with E-state index in [4.69, 9.17) is 0 Å². The van der Waals surface area contributed by atoms with Crippen LogP contribution in [0, 0.1) is 0 Å². The first-order valence-corrected chi connectivity index (χ1v) is 6.88. The maximum absolute atomic E-state index is 4.58. The van der Waals surface area contributed by atoms with E-state index in [1.54, 1.807) is 0 Å². The highest BCUT2D eigenvalue weighted by molar-refractivity contribution is 5.74. The molecule has 2 rings (SSSR count). The second-order valence-electron chi connectivity index (χ2n) is 5.28. The quantitative estimate of drug-likeness (QED) is 0.763. The summed E-state index contributed by atoms with van der Waals surface area (Å²) in [5, 5.41) is 0. The molecule has 1 N–H and O–H groups in total. The Labute approximate surface area is 115 Å². The molecule has 0 bridgehead atoms. The number of hydrogen-bond donors (Lipinski definition) is 1. The van der Waals surface area contributed by atoms with Gasteiger partial charge in [0.1, 0.15) is 5.82 Å². The Hall–Kier alpha value is -1.83. The van der Waals surface area contributed by atoms with Gasteiger partial charge in [0.15, 0.2) is 0 Å². The number of H-pyrrole nitrogens is 1. The van der Waals surface area contributed by atoms with Crippen LogP contribution in [0.4, 0.5) is 0 Å². The highest BCUT2D eigenvalue weighted by Gasteiger charge is 2.00. The van der Waals surface area contributed by atoms with Crippen molar-refractivity contribution in [3.8, 4) is 0 Å². The molecule has 0 fully saturated rings. The SMILES string of the molecule is CC(C)=CCC/C(C)=C/Cc1nc2ccccc2[nH]1. The predicted octanol–water partition coefficient (Wildman–Crippen LogP) is 4.80. The maximum atomic E-state index is 4.58. The van der Waals surface area contributed by atoms with Gasteiger partial charge in [-0.05, 0) is 45.7 Å². The molecule has 0 aliphatic carbocycles. The van der Waals surface area contributed by atoms with Crippen LogP contribution in [0.1, 0.15) is 39.4 Å². The largest absolute Gasteiger partial charge is 0.342 e. The Kier molecular flexibility index (Phi) is 4.56. The first-order valence-electron chi connectivity index (χ1n) is 6.88. The average Bonchev–Trinajstić information content (AvgIpc) is 2.78. The zero-order valence-corrected chi connectivity index (χ0v) is 12.0. The molecular formula is C17H22N2. The average molecular weight is 254 g/mol. The first kappa shape index (κ1) is 13.6. The number of nitrogens with one attached hydrogen (secondary N) is 1. The third kappa shape index (κ3) is 4.09. The summed E-state index contributed by atoms with van der Waals surface area (Å²) in [7, 11) is 0. The van der Waals surface area contributed by atoms with E-state index in [0.717, 1.165) is 36.1 Å². The first-order chi connectivity index (χ1) is 9.15. The number of aromatic amines is 1. The van der Waals surface area contributed by atoms with E-state index in [1.165, 1.54) is 11.1 Å². The standard InChI is InChI=1S/C17H22N2/c1-13(2)7-6-8-14(3)11-12-17-18-15-9-4-5-10-16(15)19-17/h4-5,7,9-11H,6,8,12H2,1-3H3,(H,18,19)/b14-11+. The van der Waals surface area contributed by atoms with Crippen molar-refractivity contribution in [2.24, 2.45) is 0 Å². The molecule has 0 radical (unpaired) electrons. The van der Waals surface area contributed by atoms with E-state index in [9.17, 15) is 0 Å². The molecule has 0 spiro atoms. The molecule has 1 aromatic carbocycles. The van der Waals surface area contributed by atoms with Gasteiger partial charge in [-0.3, -0.25) is 0 Å². The van der Waals surface area contributed by atoms with Crippen LogP contribution in [-0.4, -0.2) is 9.97 Å². The number of fused-ring (bicyclic) bond motifs is 1. The van der Waals surface area contributed by atoms with Crippen LogP contribution in [0.3, 0.4) is 0 Å². The predicted molar refractivity (Wildman–Crippen MR) is 82.2 cm³/mol. The second-order valence-corrected chi connectivity index (χ2v) is 5.28. The number of nitrogens with zero attached hydrogens (tertiary/aromatic N) is 1. The number of para-hydroxylation sites is 2. The molecule has 0 aliphatic heterocycles. The molecule has 0 saturated carbocycles. The Morgan fingerprint density at radius 1 is 1.16 bits per heavy atom. The van der Waals surface area contributed by atoms with Gasteiger partial charge in [0, 0.05) is 6.42 Å². The van der Waals surface area contributed by atoms with Crippen molar-refractivity contribution in [3.63, 3.8) is 0 Å². The molecule has 2 heteroatoms. The van der Waals surface area contributed by atoms with E-state index < -0.39 is 0 Å². The summed E-state index contributed by atoms with van der Waals surface area (Å²) in [5.41, 5.74) is 4.99. The fraction of sp³-hybridized carbons (Fsp3) is 0.353. The molecule has 0 saturated heterocycles. The summed E-state index contributed by atoms with van der Waals surface area (Å²) >= 11 is 0. The van der Waals surface area contributed by atoms with Crippen molar-refractivity contribution < 1.29 is 0 Å². The van der Waals surface area contributed by atoms with Gasteiger partial charge in [-0.2, -0.15) is 0 Å². The number of aromatic nitrogens is 2. The highest BCUT2D eigenvalue weighted by Crippen LogP contribution is 2.12. The van der Waals surface area contributed by atoms with Gasteiger partial charge < -0.3 is 4.98 Å². The molecule has 0 unspecified atom stereocenters. The number of imidazole rings is 1. The Morgan fingerprint density at radius 3 is 2.68 bits per heavy atom. The van der Waals surface area contributed by atoms with Crippen LogP contribution in [0.2, 0.25) is 0 Å².